The van der Waals surface area contributed by atoms with Crippen molar-refractivity contribution in [2.45, 2.75) is 13.3 Å². The first kappa shape index (κ1) is 8.22. The molecule has 0 spiro atoms. The van der Waals surface area contributed by atoms with Gasteiger partial charge in [-0.25, -0.2) is 4.98 Å². The van der Waals surface area contributed by atoms with Gasteiger partial charge in [0.05, 0.1) is 4.47 Å². The molecule has 1 aromatic heterocycles. The van der Waals surface area contributed by atoms with E-state index in [9.17, 15) is 0 Å². The molecule has 11 heavy (non-hydrogen) atoms. The first-order valence-corrected chi connectivity index (χ1v) is 4.12. The average molecular weight is 211 g/mol. The highest BCUT2D eigenvalue weighted by atomic mass is 79.9. The van der Waals surface area contributed by atoms with Crippen molar-refractivity contribution in [1.29, 1.82) is 5.26 Å². The molecule has 0 saturated heterocycles. The topological polar surface area (TPSA) is 36.7 Å². The molecule has 0 aromatic carbocycles. The van der Waals surface area contributed by atoms with Crippen molar-refractivity contribution in [3.63, 3.8) is 0 Å². The Balaban J connectivity index is 3.15. The number of aryl methyl sites for hydroxylation is 1. The van der Waals surface area contributed by atoms with E-state index in [1.54, 1.807) is 0 Å². The van der Waals surface area contributed by atoms with Crippen LogP contribution in [0.3, 0.4) is 0 Å². The summed E-state index contributed by atoms with van der Waals surface area (Å²) in [5.41, 5.74) is 1.41. The molecule has 1 aromatic rings. The van der Waals surface area contributed by atoms with Crippen molar-refractivity contribution in [2.24, 2.45) is 0 Å². The second-order valence-corrected chi connectivity index (χ2v) is 2.95. The Morgan fingerprint density at radius 2 is 2.36 bits per heavy atom. The number of nitriles is 1. The van der Waals surface area contributed by atoms with Crippen LogP contribution in [-0.2, 0) is 6.42 Å². The van der Waals surface area contributed by atoms with E-state index in [0.29, 0.717) is 5.69 Å². The number of hydrogen-bond acceptors (Lipinski definition) is 2. The van der Waals surface area contributed by atoms with Crippen molar-refractivity contribution in [2.75, 3.05) is 0 Å². The lowest BCUT2D eigenvalue weighted by atomic mass is 10.3. The molecule has 0 N–H and O–H groups in total. The summed E-state index contributed by atoms with van der Waals surface area (Å²) in [5.74, 6) is 0. The van der Waals surface area contributed by atoms with Crippen LogP contribution >= 0.6 is 15.9 Å². The van der Waals surface area contributed by atoms with Gasteiger partial charge in [0, 0.05) is 5.69 Å². The van der Waals surface area contributed by atoms with Crippen LogP contribution in [0.15, 0.2) is 16.6 Å². The second kappa shape index (κ2) is 3.49. The van der Waals surface area contributed by atoms with Gasteiger partial charge in [-0.3, -0.25) is 0 Å². The van der Waals surface area contributed by atoms with Crippen molar-refractivity contribution in [3.05, 3.63) is 28.0 Å². The third-order valence-corrected chi connectivity index (χ3v) is 2.01. The maximum atomic E-state index is 8.60. The van der Waals surface area contributed by atoms with Crippen molar-refractivity contribution in [3.8, 4) is 6.07 Å². The molecule has 0 amide bonds. The van der Waals surface area contributed by atoms with E-state index < -0.39 is 0 Å². The Morgan fingerprint density at radius 1 is 1.64 bits per heavy atom. The Kier molecular flexibility index (Phi) is 2.61. The minimum atomic E-state index is 0.462. The van der Waals surface area contributed by atoms with Gasteiger partial charge in [-0.1, -0.05) is 6.92 Å². The van der Waals surface area contributed by atoms with Crippen molar-refractivity contribution >= 4 is 15.9 Å². The van der Waals surface area contributed by atoms with E-state index in [1.807, 2.05) is 25.1 Å². The van der Waals surface area contributed by atoms with Crippen LogP contribution in [0.4, 0.5) is 0 Å². The Hall–Kier alpha value is -0.880. The molecule has 0 atom stereocenters. The van der Waals surface area contributed by atoms with E-state index in [-0.39, 0.29) is 0 Å². The van der Waals surface area contributed by atoms with Crippen LogP contribution in [0, 0.1) is 11.3 Å². The first-order valence-electron chi connectivity index (χ1n) is 3.33. The normalized spacial score (nSPS) is 9.18. The van der Waals surface area contributed by atoms with E-state index in [0.717, 1.165) is 16.6 Å². The van der Waals surface area contributed by atoms with Crippen LogP contribution in [0.1, 0.15) is 18.3 Å². The molecule has 2 nitrogen and oxygen atoms in total. The molecule has 0 bridgehead atoms. The highest BCUT2D eigenvalue weighted by Crippen LogP contribution is 2.13. The minimum absolute atomic E-state index is 0.462. The molecular formula is C8H7BrN2. The monoisotopic (exact) mass is 210 g/mol. The van der Waals surface area contributed by atoms with E-state index in [1.165, 1.54) is 0 Å². The molecule has 0 unspecified atom stereocenters. The maximum Gasteiger partial charge on any atom is 0.154 e. The summed E-state index contributed by atoms with van der Waals surface area (Å²) in [6, 6.07) is 5.77. The van der Waals surface area contributed by atoms with Crippen LogP contribution in [0.2, 0.25) is 0 Å². The van der Waals surface area contributed by atoms with E-state index in [4.69, 9.17) is 5.26 Å². The molecular weight excluding hydrogens is 204 g/mol. The molecule has 1 heterocycles. The zero-order valence-electron chi connectivity index (χ0n) is 6.13. The van der Waals surface area contributed by atoms with Gasteiger partial charge in [-0.05, 0) is 34.5 Å². The van der Waals surface area contributed by atoms with Crippen LogP contribution < -0.4 is 0 Å². The predicted molar refractivity (Wildman–Crippen MR) is 46.0 cm³/mol. The zero-order valence-corrected chi connectivity index (χ0v) is 7.72. The van der Waals surface area contributed by atoms with Crippen molar-refractivity contribution < 1.29 is 0 Å². The lowest BCUT2D eigenvalue weighted by Gasteiger charge is -1.96. The number of rotatable bonds is 1. The summed E-state index contributed by atoms with van der Waals surface area (Å²) in [7, 11) is 0. The molecule has 56 valence electrons. The lowest BCUT2D eigenvalue weighted by Crippen LogP contribution is -1.90. The molecule has 1 rings (SSSR count). The van der Waals surface area contributed by atoms with Gasteiger partial charge in [-0.2, -0.15) is 5.26 Å². The van der Waals surface area contributed by atoms with E-state index in [2.05, 4.69) is 20.9 Å². The van der Waals surface area contributed by atoms with Crippen LogP contribution in [-0.4, -0.2) is 4.98 Å². The third-order valence-electron chi connectivity index (χ3n) is 1.37. The average Bonchev–Trinajstić information content (AvgIpc) is 2.05. The molecule has 0 radical (unpaired) electrons. The maximum absolute atomic E-state index is 8.60. The number of halogens is 1. The molecule has 0 aliphatic heterocycles. The smallest absolute Gasteiger partial charge is 0.154 e. The van der Waals surface area contributed by atoms with Gasteiger partial charge in [0.1, 0.15) is 6.07 Å². The molecule has 0 saturated carbocycles. The number of nitrogens with zero attached hydrogens (tertiary/aromatic N) is 2. The summed E-state index contributed by atoms with van der Waals surface area (Å²) in [6.07, 6.45) is 0.863. The summed E-state index contributed by atoms with van der Waals surface area (Å²) in [5, 5.41) is 8.60. The van der Waals surface area contributed by atoms with Gasteiger partial charge in [0.25, 0.3) is 0 Å². The molecule has 0 fully saturated rings. The van der Waals surface area contributed by atoms with Gasteiger partial charge in [0.15, 0.2) is 5.69 Å². The summed E-state index contributed by atoms with van der Waals surface area (Å²) < 4.78 is 0.761. The highest BCUT2D eigenvalue weighted by Gasteiger charge is 1.99. The number of hydrogen-bond donors (Lipinski definition) is 0. The standard InChI is InChI=1S/C8H7BrN2/c1-2-6-3-4-7(9)8(5-10)11-6/h3-4H,2H2,1H3. The largest absolute Gasteiger partial charge is 0.241 e. The second-order valence-electron chi connectivity index (χ2n) is 2.10. The fraction of sp³-hybridized carbons (Fsp3) is 0.250. The molecule has 0 aliphatic rings. The zero-order chi connectivity index (χ0) is 8.27. The summed E-state index contributed by atoms with van der Waals surface area (Å²) >= 11 is 3.23. The number of pyridine rings is 1. The summed E-state index contributed by atoms with van der Waals surface area (Å²) in [6.45, 7) is 2.01. The summed E-state index contributed by atoms with van der Waals surface area (Å²) in [4.78, 5) is 4.10. The fourth-order valence-corrected chi connectivity index (χ4v) is 1.07. The Morgan fingerprint density at radius 3 is 2.91 bits per heavy atom. The van der Waals surface area contributed by atoms with Crippen LogP contribution in [0.25, 0.3) is 0 Å². The van der Waals surface area contributed by atoms with Gasteiger partial charge < -0.3 is 0 Å². The van der Waals surface area contributed by atoms with Gasteiger partial charge >= 0.3 is 0 Å². The van der Waals surface area contributed by atoms with E-state index >= 15 is 0 Å². The van der Waals surface area contributed by atoms with Crippen LogP contribution in [0.5, 0.6) is 0 Å². The molecule has 0 aliphatic carbocycles. The minimum Gasteiger partial charge on any atom is -0.241 e. The SMILES string of the molecule is CCc1ccc(Br)c(C#N)n1. The Bertz CT molecular complexity index is 301. The molecule has 3 heteroatoms. The quantitative estimate of drug-likeness (QED) is 0.714. The third kappa shape index (κ3) is 1.78. The van der Waals surface area contributed by atoms with Gasteiger partial charge in [-0.15, -0.1) is 0 Å². The lowest BCUT2D eigenvalue weighted by molar-refractivity contribution is 1.02. The van der Waals surface area contributed by atoms with Gasteiger partial charge in [0.2, 0.25) is 0 Å². The number of aromatic nitrogens is 1. The predicted octanol–water partition coefficient (Wildman–Crippen LogP) is 2.28. The first-order chi connectivity index (χ1) is 5.27. The van der Waals surface area contributed by atoms with Crippen molar-refractivity contribution in [1.82, 2.24) is 4.98 Å². The Labute approximate surface area is 74.0 Å². The fourth-order valence-electron chi connectivity index (χ4n) is 0.758. The highest BCUT2D eigenvalue weighted by molar-refractivity contribution is 9.10.